The molecule has 4 fully saturated rings. The minimum absolute atomic E-state index is 0.00773. The molecule has 2 aromatic rings. The van der Waals surface area contributed by atoms with Gasteiger partial charge in [-0.1, -0.05) is 51.4 Å². The highest BCUT2D eigenvalue weighted by Gasteiger charge is 2.31. The van der Waals surface area contributed by atoms with E-state index in [-0.39, 0.29) is 61.4 Å². The van der Waals surface area contributed by atoms with E-state index in [1.807, 2.05) is 0 Å². The zero-order chi connectivity index (χ0) is 44.8. The Morgan fingerprint density at radius 1 is 0.613 bits per heavy atom. The minimum atomic E-state index is -1.19. The molecule has 10 N–H and O–H groups in total. The Morgan fingerprint density at radius 2 is 0.984 bits per heavy atom. The van der Waals surface area contributed by atoms with Crippen molar-refractivity contribution in [3.63, 3.8) is 0 Å². The maximum absolute atomic E-state index is 15.0. The van der Waals surface area contributed by atoms with Crippen LogP contribution in [0, 0.1) is 61.0 Å². The molecule has 4 heterocycles. The van der Waals surface area contributed by atoms with Gasteiger partial charge in [-0.2, -0.15) is 8.78 Å². The Morgan fingerprint density at radius 3 is 1.31 bits per heavy atom. The molecule has 2 aliphatic heterocycles. The normalized spacial score (nSPS) is 20.0. The van der Waals surface area contributed by atoms with Crippen LogP contribution in [-0.4, -0.2) is 117 Å². The number of aryl methyl sites for hydroxylation is 2. The van der Waals surface area contributed by atoms with Gasteiger partial charge in [0.2, 0.25) is 23.4 Å². The number of rotatable bonds is 18. The molecule has 4 atom stereocenters. The Kier molecular flexibility index (Phi) is 17.8. The molecule has 4 aliphatic rings. The summed E-state index contributed by atoms with van der Waals surface area (Å²) in [5.41, 5.74) is 10.1. The van der Waals surface area contributed by atoms with Crippen molar-refractivity contribution in [2.75, 3.05) is 73.1 Å². The fourth-order valence-electron chi connectivity index (χ4n) is 8.75. The van der Waals surface area contributed by atoms with Crippen molar-refractivity contribution in [2.45, 2.75) is 90.9 Å². The van der Waals surface area contributed by atoms with Crippen molar-refractivity contribution in [1.82, 2.24) is 41.4 Å². The van der Waals surface area contributed by atoms with Gasteiger partial charge >= 0.3 is 12.2 Å². The van der Waals surface area contributed by atoms with Crippen LogP contribution in [0.1, 0.15) is 88.7 Å². The van der Waals surface area contributed by atoms with Gasteiger partial charge in [-0.25, -0.2) is 29.5 Å². The standard InChI is InChI=1S/2C20H31FN6O4/c2*1-12-23-17(16(21)18(24-12)27-7-6-14(10-27)11-28)25-26-19(29)15(9-22-20(30)31)8-13-4-2-3-5-13/h2*13-15,22,28H,2-11H2,1H3,(H,26,29)(H,30,31)(H,23,24,25)/t2*14-,15-/m11/s1. The largest absolute Gasteiger partial charge is 0.465 e. The van der Waals surface area contributed by atoms with Gasteiger partial charge in [0.25, 0.3) is 0 Å². The Bertz CT molecular complexity index is 1710. The third kappa shape index (κ3) is 13.8. The molecule has 0 spiro atoms. The number of nitrogens with one attached hydrogen (secondary N) is 6. The number of aliphatic hydroxyl groups is 2. The molecule has 22 heteroatoms. The van der Waals surface area contributed by atoms with E-state index in [4.69, 9.17) is 10.2 Å². The lowest BCUT2D eigenvalue weighted by Crippen LogP contribution is -2.42. The number of carbonyl (C=O) groups is 4. The molecule has 0 bridgehead atoms. The second-order valence-corrected chi connectivity index (χ2v) is 16.8. The van der Waals surface area contributed by atoms with Crippen LogP contribution in [0.4, 0.5) is 41.6 Å². The number of carboxylic acid groups (broad SMARTS) is 2. The lowest BCUT2D eigenvalue weighted by molar-refractivity contribution is -0.125. The van der Waals surface area contributed by atoms with Crippen molar-refractivity contribution in [3.05, 3.63) is 23.3 Å². The quantitative estimate of drug-likeness (QED) is 0.0962. The molecule has 2 saturated heterocycles. The number of aromatic nitrogens is 4. The Labute approximate surface area is 359 Å². The molecule has 344 valence electrons. The number of amides is 4. The van der Waals surface area contributed by atoms with Gasteiger partial charge in [0.1, 0.15) is 11.6 Å². The summed E-state index contributed by atoms with van der Waals surface area (Å²) >= 11 is 0. The first kappa shape index (κ1) is 47.7. The number of nitrogens with zero attached hydrogens (tertiary/aromatic N) is 6. The van der Waals surface area contributed by atoms with Crippen LogP contribution < -0.4 is 42.1 Å². The Hall–Kier alpha value is -5.38. The van der Waals surface area contributed by atoms with Crippen molar-refractivity contribution in [3.8, 4) is 0 Å². The summed E-state index contributed by atoms with van der Waals surface area (Å²) in [7, 11) is 0. The smallest absolute Gasteiger partial charge is 0.404 e. The number of anilines is 4. The second-order valence-electron chi connectivity index (χ2n) is 16.8. The van der Waals surface area contributed by atoms with E-state index >= 15 is 8.78 Å². The summed E-state index contributed by atoms with van der Waals surface area (Å²) in [5, 5.41) is 41.0. The highest BCUT2D eigenvalue weighted by atomic mass is 19.1. The van der Waals surface area contributed by atoms with Crippen molar-refractivity contribution < 1.29 is 48.4 Å². The maximum Gasteiger partial charge on any atom is 0.404 e. The first-order chi connectivity index (χ1) is 29.7. The summed E-state index contributed by atoms with van der Waals surface area (Å²) in [6.07, 6.45) is 8.83. The van der Waals surface area contributed by atoms with Crippen LogP contribution >= 0.6 is 0 Å². The van der Waals surface area contributed by atoms with Crippen LogP contribution in [0.15, 0.2) is 0 Å². The number of aliphatic hydroxyl groups excluding tert-OH is 2. The van der Waals surface area contributed by atoms with E-state index in [1.165, 1.54) is 0 Å². The number of hydrazine groups is 2. The van der Waals surface area contributed by atoms with Gasteiger partial charge in [-0.3, -0.25) is 31.3 Å². The van der Waals surface area contributed by atoms with E-state index < -0.39 is 47.5 Å². The molecule has 0 aromatic carbocycles. The predicted octanol–water partition coefficient (Wildman–Crippen LogP) is 3.30. The molecular formula is C40H62F2N12O8. The second kappa shape index (κ2) is 23.2. The fraction of sp³-hybridized carbons (Fsp3) is 0.700. The molecule has 2 aliphatic carbocycles. The molecule has 0 radical (unpaired) electrons. The molecular weight excluding hydrogens is 815 g/mol. The summed E-state index contributed by atoms with van der Waals surface area (Å²) in [4.78, 5) is 67.2. The van der Waals surface area contributed by atoms with Crippen LogP contribution in [0.2, 0.25) is 0 Å². The van der Waals surface area contributed by atoms with E-state index in [1.54, 1.807) is 23.6 Å². The van der Waals surface area contributed by atoms with E-state index in [9.17, 15) is 29.4 Å². The molecule has 20 nitrogen and oxygen atoms in total. The third-order valence-corrected chi connectivity index (χ3v) is 12.1. The summed E-state index contributed by atoms with van der Waals surface area (Å²) in [5.74, 6) is -1.76. The first-order valence-electron chi connectivity index (χ1n) is 21.6. The SMILES string of the molecule is Cc1nc(NNC(=O)[C@@H](CNC(=O)O)CC2CCCC2)c(F)c(N2CC[C@@H](CO)C2)n1.Cc1nc(NNC(=O)[C@@H](CNC(=O)O)CC2CCCC2)c(F)c(N2CC[C@@H](CO)C2)n1. The van der Waals surface area contributed by atoms with Gasteiger partial charge in [0, 0.05) is 64.3 Å². The molecule has 0 unspecified atom stereocenters. The number of hydrogen-bond donors (Lipinski definition) is 10. The van der Waals surface area contributed by atoms with Crippen LogP contribution in [0.3, 0.4) is 0 Å². The summed E-state index contributed by atoms with van der Waals surface area (Å²) in [6.45, 7) is 5.48. The minimum Gasteiger partial charge on any atom is -0.465 e. The average Bonchev–Trinajstić information content (AvgIpc) is 4.10. The van der Waals surface area contributed by atoms with Gasteiger partial charge < -0.3 is 40.9 Å². The summed E-state index contributed by atoms with van der Waals surface area (Å²) in [6, 6.07) is 0. The molecule has 4 amide bonds. The predicted molar refractivity (Wildman–Crippen MR) is 224 cm³/mol. The molecule has 2 saturated carbocycles. The lowest BCUT2D eigenvalue weighted by atomic mass is 9.92. The highest BCUT2D eigenvalue weighted by Crippen LogP contribution is 2.33. The topological polar surface area (TPSA) is 279 Å². The van der Waals surface area contributed by atoms with Gasteiger partial charge in [0.05, 0.1) is 11.8 Å². The first-order valence-corrected chi connectivity index (χ1v) is 21.6. The van der Waals surface area contributed by atoms with Gasteiger partial charge in [-0.05, 0) is 51.4 Å². The zero-order valence-corrected chi connectivity index (χ0v) is 35.5. The maximum atomic E-state index is 15.0. The monoisotopic (exact) mass is 876 g/mol. The van der Waals surface area contributed by atoms with Crippen LogP contribution in [0.5, 0.6) is 0 Å². The Balaban J connectivity index is 0.000000234. The zero-order valence-electron chi connectivity index (χ0n) is 35.5. The van der Waals surface area contributed by atoms with Gasteiger partial charge in [-0.15, -0.1) is 0 Å². The van der Waals surface area contributed by atoms with Crippen molar-refractivity contribution in [2.24, 2.45) is 35.5 Å². The number of carbonyl (C=O) groups excluding carboxylic acids is 2. The van der Waals surface area contributed by atoms with Crippen molar-refractivity contribution in [1.29, 1.82) is 0 Å². The van der Waals surface area contributed by atoms with Crippen molar-refractivity contribution >= 4 is 47.3 Å². The van der Waals surface area contributed by atoms with E-state index in [0.29, 0.717) is 62.5 Å². The molecule has 62 heavy (non-hydrogen) atoms. The third-order valence-electron chi connectivity index (χ3n) is 12.1. The number of halogens is 2. The average molecular weight is 877 g/mol. The molecule has 6 rings (SSSR count). The van der Waals surface area contributed by atoms with Gasteiger partial charge in [0.15, 0.2) is 23.3 Å². The van der Waals surface area contributed by atoms with E-state index in [2.05, 4.69) is 52.3 Å². The van der Waals surface area contributed by atoms with E-state index in [0.717, 1.165) is 64.2 Å². The summed E-state index contributed by atoms with van der Waals surface area (Å²) < 4.78 is 30.1. The lowest BCUT2D eigenvalue weighted by Gasteiger charge is -2.22. The fourth-order valence-corrected chi connectivity index (χ4v) is 8.75. The van der Waals surface area contributed by atoms with Crippen LogP contribution in [-0.2, 0) is 9.59 Å². The number of hydrogen-bond acceptors (Lipinski definition) is 14. The highest BCUT2D eigenvalue weighted by molar-refractivity contribution is 5.81. The molecule has 2 aromatic heterocycles. The van der Waals surface area contributed by atoms with Crippen LogP contribution in [0.25, 0.3) is 0 Å².